The van der Waals surface area contributed by atoms with Crippen LogP contribution < -0.4 is 0 Å². The van der Waals surface area contributed by atoms with Gasteiger partial charge in [-0.1, -0.05) is 6.07 Å². The van der Waals surface area contributed by atoms with E-state index in [0.29, 0.717) is 0 Å². The first-order valence-corrected chi connectivity index (χ1v) is 13.8. The number of rotatable bonds is 4. The number of likely N-dealkylation sites (tertiary alicyclic amines) is 2. The number of fused-ring (bicyclic) bond motifs is 3. The summed E-state index contributed by atoms with van der Waals surface area (Å²) >= 11 is 0. The van der Waals surface area contributed by atoms with E-state index in [-0.39, 0.29) is 48.8 Å². The van der Waals surface area contributed by atoms with E-state index < -0.39 is 86.3 Å². The third-order valence-corrected chi connectivity index (χ3v) is 10.7. The quantitative estimate of drug-likeness (QED) is 0.505. The predicted octanol–water partition coefficient (Wildman–Crippen LogP) is 3.75. The van der Waals surface area contributed by atoms with Crippen LogP contribution in [0.25, 0.3) is 0 Å². The van der Waals surface area contributed by atoms with E-state index in [0.717, 1.165) is 41.4 Å². The molecule has 2 aromatic rings. The van der Waals surface area contributed by atoms with Crippen molar-refractivity contribution in [2.24, 2.45) is 0 Å². The van der Waals surface area contributed by atoms with Crippen LogP contribution in [0.4, 0.5) is 26.3 Å². The number of carbonyl (C=O) groups excluding carboxylic acids is 2. The van der Waals surface area contributed by atoms with Crippen LogP contribution in [0.2, 0.25) is 0 Å². The molecule has 1 aliphatic carbocycles. The van der Waals surface area contributed by atoms with Crippen molar-refractivity contribution in [2.45, 2.75) is 72.3 Å². The normalized spacial score (nSPS) is 29.7. The Hall–Kier alpha value is -3.16. The number of aromatic nitrogens is 1. The van der Waals surface area contributed by atoms with Crippen molar-refractivity contribution in [1.82, 2.24) is 14.8 Å². The Morgan fingerprint density at radius 2 is 1.95 bits per heavy atom. The van der Waals surface area contributed by atoms with Gasteiger partial charge in [-0.3, -0.25) is 14.6 Å². The number of likely N-dealkylation sites (N-methyl/N-ethyl adjacent to an activating group) is 1. The van der Waals surface area contributed by atoms with E-state index in [1.807, 2.05) is 0 Å². The molecule has 2 saturated heterocycles. The molecule has 14 heteroatoms. The average Bonchev–Trinajstić information content (AvgIpc) is 3.46. The Morgan fingerprint density at radius 1 is 1.23 bits per heavy atom. The summed E-state index contributed by atoms with van der Waals surface area (Å²) < 4.78 is 133. The average molecular weight is 593 g/mol. The molecule has 0 bridgehead atoms. The van der Waals surface area contributed by atoms with E-state index in [1.54, 1.807) is 0 Å². The summed E-state index contributed by atoms with van der Waals surface area (Å²) in [5.41, 5.74) is -4.98. The van der Waals surface area contributed by atoms with Crippen LogP contribution in [0.1, 0.15) is 47.1 Å². The molecule has 2 fully saturated rings. The molecule has 40 heavy (non-hydrogen) atoms. The topological polar surface area (TPSA) is 87.7 Å². The lowest BCUT2D eigenvalue weighted by Crippen LogP contribution is -2.55. The Morgan fingerprint density at radius 3 is 2.60 bits per heavy atom. The highest BCUT2D eigenvalue weighted by molar-refractivity contribution is 7.92. The van der Waals surface area contributed by atoms with Crippen LogP contribution in [0, 0.1) is 5.82 Å². The number of aryl methyl sites for hydroxylation is 1. The van der Waals surface area contributed by atoms with Crippen molar-refractivity contribution in [3.63, 3.8) is 0 Å². The zero-order valence-corrected chi connectivity index (χ0v) is 21.7. The van der Waals surface area contributed by atoms with Gasteiger partial charge >= 0.3 is 6.18 Å². The molecule has 1 aromatic carbocycles. The standard InChI is InChI=1S/C26H25F6N3O4S/c1-24(29,26(30,31)32)20-10-14-6-7-21-25(17(14)13-33-20,40(38,39)16-5-3-4-15(27)11-16)8-9-35(21)23(37)19-12-18(28)22(36)34(19)2/h3-5,10-11,13,18-19,21H,6-9,12H2,1-2H3/t18-,19+,21?,24?,25?/m1/s1/i2D3. The third kappa shape index (κ3) is 3.92. The Labute approximate surface area is 230 Å². The predicted molar refractivity (Wildman–Crippen MR) is 129 cm³/mol. The molecular formula is C26H25F6N3O4S. The van der Waals surface area contributed by atoms with Crippen LogP contribution in [0.5, 0.6) is 0 Å². The van der Waals surface area contributed by atoms with Gasteiger partial charge in [0.05, 0.1) is 16.6 Å². The van der Waals surface area contributed by atoms with Crippen LogP contribution in [-0.2, 0) is 36.3 Å². The molecule has 3 heterocycles. The summed E-state index contributed by atoms with van der Waals surface area (Å²) in [5.74, 6) is -3.34. The van der Waals surface area contributed by atoms with Crippen molar-refractivity contribution in [3.05, 3.63) is 59.2 Å². The first kappa shape index (κ1) is 24.6. The zero-order chi connectivity index (χ0) is 31.9. The van der Waals surface area contributed by atoms with Gasteiger partial charge < -0.3 is 9.80 Å². The van der Waals surface area contributed by atoms with Crippen LogP contribution in [0.15, 0.2) is 41.4 Å². The van der Waals surface area contributed by atoms with E-state index in [1.165, 1.54) is 0 Å². The summed E-state index contributed by atoms with van der Waals surface area (Å²) in [6.45, 7) is -3.24. The molecule has 2 amide bonds. The van der Waals surface area contributed by atoms with Gasteiger partial charge in [0, 0.05) is 30.3 Å². The molecule has 0 N–H and O–H groups in total. The van der Waals surface area contributed by atoms with E-state index in [4.69, 9.17) is 4.11 Å². The number of alkyl halides is 5. The van der Waals surface area contributed by atoms with Gasteiger partial charge in [-0.15, -0.1) is 0 Å². The van der Waals surface area contributed by atoms with E-state index >= 15 is 0 Å². The second-order valence-corrected chi connectivity index (χ2v) is 12.5. The number of nitrogens with zero attached hydrogens (tertiary/aromatic N) is 3. The van der Waals surface area contributed by atoms with Crippen LogP contribution >= 0.6 is 0 Å². The molecule has 7 nitrogen and oxygen atoms in total. The number of pyridine rings is 1. The smallest absolute Gasteiger partial charge is 0.336 e. The fourth-order valence-corrected chi connectivity index (χ4v) is 8.40. The van der Waals surface area contributed by atoms with Crippen molar-refractivity contribution >= 4 is 21.7 Å². The molecule has 1 aromatic heterocycles. The first-order valence-electron chi connectivity index (χ1n) is 13.8. The zero-order valence-electron chi connectivity index (χ0n) is 23.9. The van der Waals surface area contributed by atoms with Crippen molar-refractivity contribution in [2.75, 3.05) is 13.5 Å². The van der Waals surface area contributed by atoms with Crippen molar-refractivity contribution < 1.29 is 48.5 Å². The van der Waals surface area contributed by atoms with Gasteiger partial charge in [-0.2, -0.15) is 13.2 Å². The SMILES string of the molecule is [2H]C([2H])([2H])N1C(=O)[C@H](F)C[C@H]1C(=O)N1CCC2(S(=O)(=O)c3cccc(F)c3)c3cnc(C(C)(F)C(F)(F)F)cc3CCC12. The molecule has 2 aliphatic heterocycles. The summed E-state index contributed by atoms with van der Waals surface area (Å²) in [5, 5.41) is 0. The largest absolute Gasteiger partial charge is 0.428 e. The first-order chi connectivity index (χ1) is 19.7. The molecule has 0 radical (unpaired) electrons. The molecule has 5 atom stereocenters. The highest BCUT2D eigenvalue weighted by atomic mass is 32.2. The second-order valence-electron chi connectivity index (χ2n) is 10.3. The number of hydrogen-bond donors (Lipinski definition) is 0. The number of amides is 2. The number of halogens is 6. The highest BCUT2D eigenvalue weighted by Crippen LogP contribution is 2.54. The molecular weight excluding hydrogens is 564 g/mol. The number of benzene rings is 1. The molecule has 0 spiro atoms. The van der Waals surface area contributed by atoms with E-state index in [9.17, 15) is 44.3 Å². The number of hydrogen-bond acceptors (Lipinski definition) is 5. The molecule has 3 aliphatic rings. The van der Waals surface area contributed by atoms with Crippen molar-refractivity contribution in [1.29, 1.82) is 0 Å². The van der Waals surface area contributed by atoms with Gasteiger partial charge in [0.1, 0.15) is 16.6 Å². The number of sulfone groups is 1. The van der Waals surface area contributed by atoms with Gasteiger partial charge in [0.15, 0.2) is 16.0 Å². The van der Waals surface area contributed by atoms with Crippen molar-refractivity contribution in [3.8, 4) is 0 Å². The summed E-state index contributed by atoms with van der Waals surface area (Å²) in [7, 11) is -4.68. The molecule has 216 valence electrons. The minimum absolute atomic E-state index is 0.0210. The molecule has 5 rings (SSSR count). The summed E-state index contributed by atoms with van der Waals surface area (Å²) in [6.07, 6.45) is -8.29. The lowest BCUT2D eigenvalue weighted by atomic mass is 9.78. The fraction of sp³-hybridized carbons (Fsp3) is 0.500. The molecule has 0 saturated carbocycles. The fourth-order valence-electron chi connectivity index (χ4n) is 6.02. The number of carbonyl (C=O) groups is 2. The van der Waals surface area contributed by atoms with Crippen LogP contribution in [0.3, 0.4) is 0 Å². The molecule has 3 unspecified atom stereocenters. The Balaban J connectivity index is 1.66. The summed E-state index contributed by atoms with van der Waals surface area (Å²) in [4.78, 5) is 30.5. The lowest BCUT2D eigenvalue weighted by molar-refractivity contribution is -0.230. The highest BCUT2D eigenvalue weighted by Gasteiger charge is 2.63. The van der Waals surface area contributed by atoms with Gasteiger partial charge in [0.25, 0.3) is 5.91 Å². The minimum atomic E-state index is -5.34. The maximum absolute atomic E-state index is 14.8. The lowest BCUT2D eigenvalue weighted by Gasteiger charge is -2.43. The maximum atomic E-state index is 14.8. The maximum Gasteiger partial charge on any atom is 0.428 e. The van der Waals surface area contributed by atoms with Gasteiger partial charge in [-0.05, 0) is 61.6 Å². The summed E-state index contributed by atoms with van der Waals surface area (Å²) in [6, 6.07) is 1.73. The third-order valence-electron chi connectivity index (χ3n) is 8.19. The van der Waals surface area contributed by atoms with Crippen LogP contribution in [-0.4, -0.2) is 73.0 Å². The van der Waals surface area contributed by atoms with Gasteiger partial charge in [0.2, 0.25) is 11.6 Å². The second kappa shape index (κ2) is 9.18. The Kier molecular flexibility index (Phi) is 5.65. The Bertz CT molecular complexity index is 1600. The van der Waals surface area contributed by atoms with Gasteiger partial charge in [-0.25, -0.2) is 21.6 Å². The van der Waals surface area contributed by atoms with E-state index in [2.05, 4.69) is 4.98 Å². The minimum Gasteiger partial charge on any atom is -0.336 e. The monoisotopic (exact) mass is 592 g/mol.